The summed E-state index contributed by atoms with van der Waals surface area (Å²) in [7, 11) is 1.38. The molecular weight excluding hydrogens is 276 g/mol. The number of nitrogens with two attached hydrogens (primary N) is 1. The van der Waals surface area contributed by atoms with Gasteiger partial charge in [0.2, 0.25) is 5.91 Å². The van der Waals surface area contributed by atoms with E-state index in [-0.39, 0.29) is 17.8 Å². The maximum atomic E-state index is 12.8. The van der Waals surface area contributed by atoms with Crippen LogP contribution in [0.1, 0.15) is 38.5 Å². The van der Waals surface area contributed by atoms with E-state index in [1.165, 1.54) is 7.11 Å². The van der Waals surface area contributed by atoms with E-state index in [9.17, 15) is 9.59 Å². The molecular formula is C14H22N2O3S. The molecule has 0 aromatic heterocycles. The van der Waals surface area contributed by atoms with E-state index in [4.69, 9.17) is 22.7 Å². The average molecular weight is 298 g/mol. The minimum atomic E-state index is -0.682. The van der Waals surface area contributed by atoms with Crippen molar-refractivity contribution in [1.29, 1.82) is 0 Å². The average Bonchev–Trinajstić information content (AvgIpc) is 2.95. The number of carbonyl (C=O) groups is 2. The molecule has 1 unspecified atom stereocenters. The minimum absolute atomic E-state index is 0.0103. The van der Waals surface area contributed by atoms with Crippen molar-refractivity contribution in [2.24, 2.45) is 17.1 Å². The van der Waals surface area contributed by atoms with E-state index in [0.717, 1.165) is 32.1 Å². The Hall–Kier alpha value is -1.17. The van der Waals surface area contributed by atoms with Gasteiger partial charge in [0, 0.05) is 13.1 Å². The Kier molecular flexibility index (Phi) is 4.62. The maximum Gasteiger partial charge on any atom is 0.310 e. The minimum Gasteiger partial charge on any atom is -0.469 e. The van der Waals surface area contributed by atoms with Crippen LogP contribution in [0, 0.1) is 11.3 Å². The molecule has 1 aliphatic heterocycles. The molecule has 0 aromatic rings. The van der Waals surface area contributed by atoms with Gasteiger partial charge >= 0.3 is 5.97 Å². The number of nitrogens with zero attached hydrogens (tertiary/aromatic N) is 1. The molecule has 1 atom stereocenters. The van der Waals surface area contributed by atoms with E-state index >= 15 is 0 Å². The van der Waals surface area contributed by atoms with Crippen molar-refractivity contribution in [1.82, 2.24) is 4.90 Å². The Balaban J connectivity index is 2.10. The molecule has 1 saturated heterocycles. The molecule has 5 nitrogen and oxygen atoms in total. The van der Waals surface area contributed by atoms with Crippen LogP contribution in [-0.2, 0) is 14.3 Å². The molecule has 2 fully saturated rings. The van der Waals surface area contributed by atoms with Crippen LogP contribution in [0.25, 0.3) is 0 Å². The maximum absolute atomic E-state index is 12.8. The molecule has 1 saturated carbocycles. The second-order valence-electron chi connectivity index (χ2n) is 5.77. The van der Waals surface area contributed by atoms with Gasteiger partial charge in [-0.05, 0) is 19.3 Å². The molecule has 0 bridgehead atoms. The summed E-state index contributed by atoms with van der Waals surface area (Å²) in [5.74, 6) is -0.444. The molecule has 20 heavy (non-hydrogen) atoms. The van der Waals surface area contributed by atoms with Crippen molar-refractivity contribution < 1.29 is 14.3 Å². The number of hydrogen-bond donors (Lipinski definition) is 1. The monoisotopic (exact) mass is 298 g/mol. The molecule has 2 rings (SSSR count). The number of ether oxygens (including phenoxy) is 1. The second kappa shape index (κ2) is 6.08. The number of methoxy groups -OCH3 is 1. The van der Waals surface area contributed by atoms with Crippen LogP contribution in [0.15, 0.2) is 0 Å². The van der Waals surface area contributed by atoms with Gasteiger partial charge in [0.1, 0.15) is 0 Å². The third-order valence-electron chi connectivity index (χ3n) is 4.60. The van der Waals surface area contributed by atoms with Gasteiger partial charge in [-0.2, -0.15) is 0 Å². The highest BCUT2D eigenvalue weighted by Crippen LogP contribution is 2.39. The predicted octanol–water partition coefficient (Wildman–Crippen LogP) is 1.24. The smallest absolute Gasteiger partial charge is 0.310 e. The van der Waals surface area contributed by atoms with E-state index in [1.807, 2.05) is 0 Å². The number of hydrogen-bond acceptors (Lipinski definition) is 4. The van der Waals surface area contributed by atoms with E-state index in [2.05, 4.69) is 0 Å². The first kappa shape index (κ1) is 15.2. The lowest BCUT2D eigenvalue weighted by atomic mass is 9.73. The van der Waals surface area contributed by atoms with Gasteiger partial charge in [-0.1, -0.05) is 31.5 Å². The third-order valence-corrected chi connectivity index (χ3v) is 4.99. The number of amides is 1. The summed E-state index contributed by atoms with van der Waals surface area (Å²) >= 11 is 5.18. The Labute approximate surface area is 124 Å². The standard InChI is InChI=1S/C14H22N2O3S/c1-19-11(17)10-5-8-16(9-10)13(18)14(12(15)20)6-3-2-4-7-14/h10H,2-9H2,1H3,(H2,15,20). The van der Waals surface area contributed by atoms with Gasteiger partial charge in [-0.15, -0.1) is 0 Å². The van der Waals surface area contributed by atoms with Crippen LogP contribution < -0.4 is 5.73 Å². The molecule has 6 heteroatoms. The highest BCUT2D eigenvalue weighted by molar-refractivity contribution is 7.80. The molecule has 1 heterocycles. The third kappa shape index (κ3) is 2.66. The van der Waals surface area contributed by atoms with Gasteiger partial charge in [-0.3, -0.25) is 9.59 Å². The quantitative estimate of drug-likeness (QED) is 0.627. The predicted molar refractivity (Wildman–Crippen MR) is 79.0 cm³/mol. The lowest BCUT2D eigenvalue weighted by Gasteiger charge is -2.37. The van der Waals surface area contributed by atoms with Gasteiger partial charge in [0.25, 0.3) is 0 Å². The summed E-state index contributed by atoms with van der Waals surface area (Å²) < 4.78 is 4.75. The number of thiocarbonyl (C=S) groups is 1. The summed E-state index contributed by atoms with van der Waals surface area (Å²) in [4.78, 5) is 26.4. The molecule has 112 valence electrons. The van der Waals surface area contributed by atoms with Crippen molar-refractivity contribution in [3.8, 4) is 0 Å². The van der Waals surface area contributed by atoms with E-state index in [1.54, 1.807) is 4.90 Å². The van der Waals surface area contributed by atoms with Crippen molar-refractivity contribution in [2.45, 2.75) is 38.5 Å². The molecule has 0 aromatic carbocycles. The van der Waals surface area contributed by atoms with Crippen LogP contribution in [-0.4, -0.2) is 42.0 Å². The number of rotatable bonds is 3. The van der Waals surface area contributed by atoms with Crippen molar-refractivity contribution >= 4 is 29.1 Å². The number of likely N-dealkylation sites (tertiary alicyclic amines) is 1. The van der Waals surface area contributed by atoms with Crippen molar-refractivity contribution in [3.63, 3.8) is 0 Å². The van der Waals surface area contributed by atoms with Crippen LogP contribution in [0.5, 0.6) is 0 Å². The highest BCUT2D eigenvalue weighted by Gasteiger charge is 2.46. The van der Waals surface area contributed by atoms with Gasteiger partial charge in [0.15, 0.2) is 0 Å². The zero-order valence-electron chi connectivity index (χ0n) is 11.9. The lowest BCUT2D eigenvalue weighted by molar-refractivity contribution is -0.145. The zero-order valence-corrected chi connectivity index (χ0v) is 12.7. The van der Waals surface area contributed by atoms with Crippen molar-refractivity contribution in [2.75, 3.05) is 20.2 Å². The topological polar surface area (TPSA) is 72.6 Å². The van der Waals surface area contributed by atoms with Crippen LogP contribution >= 0.6 is 12.2 Å². The van der Waals surface area contributed by atoms with Gasteiger partial charge < -0.3 is 15.4 Å². The molecule has 2 N–H and O–H groups in total. The fourth-order valence-electron chi connectivity index (χ4n) is 3.33. The fraction of sp³-hybridized carbons (Fsp3) is 0.786. The summed E-state index contributed by atoms with van der Waals surface area (Å²) in [5.41, 5.74) is 5.20. The summed E-state index contributed by atoms with van der Waals surface area (Å²) in [6.45, 7) is 1.01. The molecule has 1 amide bonds. The Morgan fingerprint density at radius 3 is 2.50 bits per heavy atom. The fourth-order valence-corrected chi connectivity index (χ4v) is 3.62. The first-order chi connectivity index (χ1) is 9.51. The lowest BCUT2D eigenvalue weighted by Crippen LogP contribution is -2.51. The van der Waals surface area contributed by atoms with Crippen LogP contribution in [0.2, 0.25) is 0 Å². The molecule has 0 radical (unpaired) electrons. The second-order valence-corrected chi connectivity index (χ2v) is 6.21. The molecule has 1 aliphatic carbocycles. The summed E-state index contributed by atoms with van der Waals surface area (Å²) in [5, 5.41) is 0. The number of esters is 1. The summed E-state index contributed by atoms with van der Waals surface area (Å²) in [6.07, 6.45) is 5.23. The zero-order chi connectivity index (χ0) is 14.8. The van der Waals surface area contributed by atoms with E-state index in [0.29, 0.717) is 24.5 Å². The van der Waals surface area contributed by atoms with E-state index < -0.39 is 5.41 Å². The first-order valence-electron chi connectivity index (χ1n) is 7.18. The largest absolute Gasteiger partial charge is 0.469 e. The van der Waals surface area contributed by atoms with Crippen LogP contribution in [0.3, 0.4) is 0 Å². The molecule has 2 aliphatic rings. The van der Waals surface area contributed by atoms with Gasteiger partial charge in [-0.25, -0.2) is 0 Å². The first-order valence-corrected chi connectivity index (χ1v) is 7.59. The van der Waals surface area contributed by atoms with Gasteiger partial charge in [0.05, 0.1) is 23.4 Å². The number of carbonyl (C=O) groups excluding carboxylic acids is 2. The Morgan fingerprint density at radius 1 is 1.30 bits per heavy atom. The molecule has 0 spiro atoms. The van der Waals surface area contributed by atoms with Crippen LogP contribution in [0.4, 0.5) is 0 Å². The van der Waals surface area contributed by atoms with Crippen molar-refractivity contribution in [3.05, 3.63) is 0 Å². The highest BCUT2D eigenvalue weighted by atomic mass is 32.1. The SMILES string of the molecule is COC(=O)C1CCN(C(=O)C2(C(N)=S)CCCCC2)C1. The Morgan fingerprint density at radius 2 is 1.95 bits per heavy atom. The normalized spacial score (nSPS) is 25.2. The summed E-state index contributed by atoms with van der Waals surface area (Å²) in [6, 6.07) is 0. The Bertz CT molecular complexity index is 419.